The van der Waals surface area contributed by atoms with Gasteiger partial charge in [-0.25, -0.2) is 0 Å². The second-order valence-electron chi connectivity index (χ2n) is 4.74. The van der Waals surface area contributed by atoms with Crippen LogP contribution < -0.4 is 11.1 Å². The quantitative estimate of drug-likeness (QED) is 0.443. The molecule has 0 aliphatic rings. The van der Waals surface area contributed by atoms with E-state index in [0.717, 1.165) is 11.4 Å². The molecule has 0 amide bonds. The van der Waals surface area contributed by atoms with Gasteiger partial charge in [0.2, 0.25) is 0 Å². The van der Waals surface area contributed by atoms with E-state index in [-0.39, 0.29) is 5.92 Å². The molecule has 18 heavy (non-hydrogen) atoms. The van der Waals surface area contributed by atoms with Gasteiger partial charge in [-0.05, 0) is 12.0 Å². The minimum Gasteiger partial charge on any atom is -0.389 e. The van der Waals surface area contributed by atoms with E-state index in [2.05, 4.69) is 24.2 Å². The molecule has 0 saturated carbocycles. The van der Waals surface area contributed by atoms with Crippen molar-refractivity contribution in [3.8, 4) is 0 Å². The molecule has 0 aromatic carbocycles. The monoisotopic (exact) mass is 257 g/mol. The molecule has 0 heterocycles. The highest BCUT2D eigenvalue weighted by Crippen LogP contribution is 2.05. The number of hydrogen-bond acceptors (Lipinski definition) is 5. The molecule has 5 nitrogen and oxygen atoms in total. The molecule has 0 rings (SSSR count). The summed E-state index contributed by atoms with van der Waals surface area (Å²) >= 11 is 0. The Balaban J connectivity index is 4.79. The van der Waals surface area contributed by atoms with E-state index in [4.69, 9.17) is 10.5 Å². The maximum absolute atomic E-state index is 9.25. The van der Waals surface area contributed by atoms with Gasteiger partial charge in [-0.15, -0.1) is 0 Å². The third-order valence-corrected chi connectivity index (χ3v) is 2.68. The van der Waals surface area contributed by atoms with Crippen LogP contribution in [-0.4, -0.2) is 44.4 Å². The first-order chi connectivity index (χ1) is 8.42. The number of ether oxygens (including phenoxy) is 1. The van der Waals surface area contributed by atoms with Crippen LogP contribution in [0.4, 0.5) is 0 Å². The number of aliphatic imine (C=N–C) groups is 1. The molecule has 4 N–H and O–H groups in total. The Kier molecular flexibility index (Phi) is 8.62. The van der Waals surface area contributed by atoms with Crippen LogP contribution in [-0.2, 0) is 4.74 Å². The molecule has 2 atom stereocenters. The number of nitrogens with two attached hydrogens (primary N) is 1. The van der Waals surface area contributed by atoms with E-state index in [1.54, 1.807) is 7.11 Å². The highest BCUT2D eigenvalue weighted by molar-refractivity contribution is 5.96. The van der Waals surface area contributed by atoms with Crippen LogP contribution in [0.25, 0.3) is 0 Å². The van der Waals surface area contributed by atoms with Crippen molar-refractivity contribution >= 4 is 5.71 Å². The number of rotatable bonds is 8. The van der Waals surface area contributed by atoms with Crippen LogP contribution in [0.5, 0.6) is 0 Å². The van der Waals surface area contributed by atoms with Crippen LogP contribution in [0.1, 0.15) is 20.8 Å². The standard InChI is InChI=1S/C13H27N3O2/c1-9(2)12(6-11(15-4)8-18-5)16-7-10(3)13(14)17/h6,9-10,13,15,17H,7-8,14H2,1-5H3/b11-6-,16-12+. The van der Waals surface area contributed by atoms with Crippen LogP contribution in [0.3, 0.4) is 0 Å². The Morgan fingerprint density at radius 1 is 1.44 bits per heavy atom. The number of allylic oxidation sites excluding steroid dienone is 1. The molecule has 0 saturated heterocycles. The molecule has 0 radical (unpaired) electrons. The van der Waals surface area contributed by atoms with E-state index in [9.17, 15) is 5.11 Å². The number of nitrogens with one attached hydrogen (secondary N) is 1. The van der Waals surface area contributed by atoms with E-state index < -0.39 is 6.23 Å². The minimum atomic E-state index is -0.825. The second-order valence-corrected chi connectivity index (χ2v) is 4.74. The minimum absolute atomic E-state index is 0.0485. The van der Waals surface area contributed by atoms with Gasteiger partial charge >= 0.3 is 0 Å². The predicted molar refractivity (Wildman–Crippen MR) is 75.5 cm³/mol. The maximum atomic E-state index is 9.25. The fourth-order valence-electron chi connectivity index (χ4n) is 1.27. The van der Waals surface area contributed by atoms with Crippen molar-refractivity contribution in [1.82, 2.24) is 5.32 Å². The summed E-state index contributed by atoms with van der Waals surface area (Å²) < 4.78 is 5.09. The highest BCUT2D eigenvalue weighted by atomic mass is 16.5. The molecule has 0 aliphatic carbocycles. The largest absolute Gasteiger partial charge is 0.389 e. The molecule has 0 fully saturated rings. The Labute approximate surface area is 110 Å². The van der Waals surface area contributed by atoms with E-state index >= 15 is 0 Å². The number of hydrogen-bond donors (Lipinski definition) is 3. The van der Waals surface area contributed by atoms with Gasteiger partial charge < -0.3 is 20.9 Å². The number of likely N-dealkylation sites (N-methyl/N-ethyl adjacent to an activating group) is 1. The smallest absolute Gasteiger partial charge is 0.106 e. The summed E-state index contributed by atoms with van der Waals surface area (Å²) in [5.74, 6) is 0.264. The average Bonchev–Trinajstić information content (AvgIpc) is 2.31. The highest BCUT2D eigenvalue weighted by Gasteiger charge is 2.10. The molecule has 5 heteroatoms. The lowest BCUT2D eigenvalue weighted by Crippen LogP contribution is -2.29. The first-order valence-electron chi connectivity index (χ1n) is 6.27. The third-order valence-electron chi connectivity index (χ3n) is 2.68. The lowest BCUT2D eigenvalue weighted by Gasteiger charge is -2.14. The molecule has 0 aliphatic heterocycles. The van der Waals surface area contributed by atoms with Gasteiger partial charge in [0.15, 0.2) is 0 Å². The molecule has 106 valence electrons. The normalized spacial score (nSPS) is 16.9. The van der Waals surface area contributed by atoms with Crippen molar-refractivity contribution < 1.29 is 9.84 Å². The van der Waals surface area contributed by atoms with Crippen LogP contribution in [0.15, 0.2) is 16.8 Å². The summed E-state index contributed by atoms with van der Waals surface area (Å²) in [5.41, 5.74) is 7.37. The molecule has 0 bridgehead atoms. The van der Waals surface area contributed by atoms with Gasteiger partial charge in [0.1, 0.15) is 6.23 Å². The topological polar surface area (TPSA) is 79.9 Å². The van der Waals surface area contributed by atoms with Gasteiger partial charge in [-0.3, -0.25) is 4.99 Å². The number of aliphatic hydroxyl groups excluding tert-OH is 1. The van der Waals surface area contributed by atoms with Gasteiger partial charge in [0.05, 0.1) is 6.61 Å². The van der Waals surface area contributed by atoms with Crippen molar-refractivity contribution in [1.29, 1.82) is 0 Å². The Morgan fingerprint density at radius 3 is 2.44 bits per heavy atom. The molecule has 0 aromatic rings. The van der Waals surface area contributed by atoms with Gasteiger partial charge in [0, 0.05) is 38.0 Å². The summed E-state index contributed by atoms with van der Waals surface area (Å²) in [6.45, 7) is 7.09. The summed E-state index contributed by atoms with van der Waals surface area (Å²) in [6.07, 6.45) is 1.16. The van der Waals surface area contributed by atoms with Crippen molar-refractivity contribution in [3.05, 3.63) is 11.8 Å². The predicted octanol–water partition coefficient (Wildman–Crippen LogP) is 0.746. The van der Waals surface area contributed by atoms with Gasteiger partial charge in [-0.1, -0.05) is 20.8 Å². The number of methoxy groups -OCH3 is 1. The summed E-state index contributed by atoms with van der Waals surface area (Å²) in [5, 5.41) is 12.3. The first kappa shape index (κ1) is 17.1. The molecule has 2 unspecified atom stereocenters. The zero-order valence-electron chi connectivity index (χ0n) is 12.1. The Morgan fingerprint density at radius 2 is 2.06 bits per heavy atom. The molecular formula is C13H27N3O2. The number of aliphatic hydroxyl groups is 1. The van der Waals surface area contributed by atoms with Crippen molar-refractivity contribution in [2.24, 2.45) is 22.6 Å². The molecular weight excluding hydrogens is 230 g/mol. The Bertz CT molecular complexity index is 286. The summed E-state index contributed by atoms with van der Waals surface area (Å²) in [7, 11) is 3.51. The first-order valence-corrected chi connectivity index (χ1v) is 6.27. The average molecular weight is 257 g/mol. The SMILES string of the molecule is CN/C(=C\C(=N/CC(C)C(N)O)C(C)C)COC. The second kappa shape index (κ2) is 9.08. The summed E-state index contributed by atoms with van der Waals surface area (Å²) in [4.78, 5) is 4.52. The number of nitrogens with zero attached hydrogens (tertiary/aromatic N) is 1. The van der Waals surface area contributed by atoms with Crippen molar-refractivity contribution in [2.75, 3.05) is 27.3 Å². The maximum Gasteiger partial charge on any atom is 0.106 e. The fourth-order valence-corrected chi connectivity index (χ4v) is 1.27. The molecule has 0 aromatic heterocycles. The van der Waals surface area contributed by atoms with E-state index in [1.165, 1.54) is 0 Å². The lowest BCUT2D eigenvalue weighted by atomic mass is 10.1. The zero-order chi connectivity index (χ0) is 14.1. The van der Waals surface area contributed by atoms with Crippen molar-refractivity contribution in [2.45, 2.75) is 27.0 Å². The zero-order valence-corrected chi connectivity index (χ0v) is 12.1. The summed E-state index contributed by atoms with van der Waals surface area (Å²) in [6, 6.07) is 0. The van der Waals surface area contributed by atoms with Gasteiger partial charge in [0.25, 0.3) is 0 Å². The van der Waals surface area contributed by atoms with Crippen molar-refractivity contribution in [3.63, 3.8) is 0 Å². The Hall–Kier alpha value is -0.910. The molecule has 0 spiro atoms. The van der Waals surface area contributed by atoms with Crippen LogP contribution in [0, 0.1) is 11.8 Å². The van der Waals surface area contributed by atoms with Crippen LogP contribution in [0.2, 0.25) is 0 Å². The fraction of sp³-hybridized carbons (Fsp3) is 0.769. The van der Waals surface area contributed by atoms with E-state index in [1.807, 2.05) is 20.0 Å². The lowest BCUT2D eigenvalue weighted by molar-refractivity contribution is 0.127. The van der Waals surface area contributed by atoms with Crippen LogP contribution >= 0.6 is 0 Å². The van der Waals surface area contributed by atoms with Gasteiger partial charge in [-0.2, -0.15) is 0 Å². The van der Waals surface area contributed by atoms with E-state index in [0.29, 0.717) is 19.1 Å². The third kappa shape index (κ3) is 6.74.